The van der Waals surface area contributed by atoms with Crippen LogP contribution in [0.5, 0.6) is 0 Å². The first-order valence-electron chi connectivity index (χ1n) is 22.0. The molecule has 1 aromatic rings. The van der Waals surface area contributed by atoms with Gasteiger partial charge in [0.05, 0.1) is 17.4 Å². The summed E-state index contributed by atoms with van der Waals surface area (Å²) in [6, 6.07) is 4.86. The summed E-state index contributed by atoms with van der Waals surface area (Å²) in [5, 5.41) is 12.7. The summed E-state index contributed by atoms with van der Waals surface area (Å²) < 4.78 is 45.9. The van der Waals surface area contributed by atoms with E-state index in [2.05, 4.69) is 60.4 Å². The Morgan fingerprint density at radius 2 is 1.54 bits per heavy atom. The second kappa shape index (κ2) is 14.1. The van der Waals surface area contributed by atoms with E-state index in [0.717, 1.165) is 62.7 Å². The number of rotatable bonds is 9. The van der Waals surface area contributed by atoms with Gasteiger partial charge in [0.2, 0.25) is 5.91 Å². The number of nitrogens with one attached hydrogen (secondary N) is 1. The minimum Gasteiger partial charge on any atom is -0.481 e. The van der Waals surface area contributed by atoms with Crippen molar-refractivity contribution in [1.29, 1.82) is 0 Å². The van der Waals surface area contributed by atoms with E-state index in [9.17, 15) is 37.5 Å². The van der Waals surface area contributed by atoms with Crippen molar-refractivity contribution in [3.8, 4) is 0 Å². The number of benzene rings is 1. The summed E-state index contributed by atoms with van der Waals surface area (Å²) in [5.41, 5.74) is -0.384. The predicted molar refractivity (Wildman–Crippen MR) is 219 cm³/mol. The molecular weight excluding hydrogens is 756 g/mol. The molecule has 7 rings (SSSR count). The Labute approximate surface area is 348 Å². The van der Waals surface area contributed by atoms with Gasteiger partial charge in [0.1, 0.15) is 6.10 Å². The second-order valence-corrected chi connectivity index (χ2v) is 21.7. The minimum absolute atomic E-state index is 0.0152. The lowest BCUT2D eigenvalue weighted by Crippen LogP contribution is -2.69. The maximum absolute atomic E-state index is 14.1. The molecule has 1 amide bonds. The number of hydrogen-bond acceptors (Lipinski definition) is 5. The highest BCUT2D eigenvalue weighted by Gasteiger charge is 2.74. The number of Topliss-reactive ketones (excluding diaryl/α,β-unsaturated/α-hetero) is 1. The van der Waals surface area contributed by atoms with E-state index in [1.165, 1.54) is 17.7 Å². The maximum atomic E-state index is 14.1. The quantitative estimate of drug-likeness (QED) is 0.190. The lowest BCUT2D eigenvalue weighted by molar-refractivity contribution is -0.266. The molecule has 10 heteroatoms. The van der Waals surface area contributed by atoms with Gasteiger partial charge in [-0.3, -0.25) is 19.2 Å². The molecule has 0 unspecified atom stereocenters. The van der Waals surface area contributed by atoms with Crippen molar-refractivity contribution >= 4 is 23.6 Å². The summed E-state index contributed by atoms with van der Waals surface area (Å²) in [4.78, 5) is 53.5. The molecule has 324 valence electrons. The van der Waals surface area contributed by atoms with Crippen LogP contribution in [0.15, 0.2) is 48.1 Å². The van der Waals surface area contributed by atoms with Crippen LogP contribution in [0.1, 0.15) is 144 Å². The zero-order valence-electron chi connectivity index (χ0n) is 36.7. The van der Waals surface area contributed by atoms with E-state index in [4.69, 9.17) is 4.74 Å². The van der Waals surface area contributed by atoms with Crippen molar-refractivity contribution in [2.75, 3.05) is 0 Å². The third kappa shape index (κ3) is 6.15. The Bertz CT molecular complexity index is 1970. The van der Waals surface area contributed by atoms with Gasteiger partial charge in [0.25, 0.3) is 0 Å². The molecule has 59 heavy (non-hydrogen) atoms. The average molecular weight is 822 g/mol. The number of amides is 1. The van der Waals surface area contributed by atoms with E-state index in [0.29, 0.717) is 30.7 Å². The number of alkyl halides is 3. The van der Waals surface area contributed by atoms with E-state index in [-0.39, 0.29) is 70.2 Å². The molecule has 6 aliphatic carbocycles. The zero-order chi connectivity index (χ0) is 43.5. The molecule has 5 fully saturated rings. The smallest absolute Gasteiger partial charge is 0.416 e. The van der Waals surface area contributed by atoms with Crippen molar-refractivity contribution in [1.82, 2.24) is 5.32 Å². The number of carboxylic acids is 1. The first-order valence-corrected chi connectivity index (χ1v) is 22.0. The Kier molecular flexibility index (Phi) is 10.4. The van der Waals surface area contributed by atoms with E-state index in [1.807, 2.05) is 19.9 Å². The van der Waals surface area contributed by atoms with Gasteiger partial charge in [0.15, 0.2) is 5.78 Å². The highest BCUT2D eigenvalue weighted by atomic mass is 19.4. The molecule has 5 saturated carbocycles. The molecule has 0 aliphatic heterocycles. The monoisotopic (exact) mass is 821 g/mol. The van der Waals surface area contributed by atoms with Crippen LogP contribution in [-0.2, 0) is 36.6 Å². The number of esters is 1. The fourth-order valence-electron chi connectivity index (χ4n) is 14.8. The normalized spacial score (nSPS) is 41.2. The predicted octanol–water partition coefficient (Wildman–Crippen LogP) is 10.9. The third-order valence-corrected chi connectivity index (χ3v) is 19.1. The number of fused-ring (bicyclic) bond motifs is 7. The van der Waals surface area contributed by atoms with Gasteiger partial charge in [-0.2, -0.15) is 13.2 Å². The van der Waals surface area contributed by atoms with Gasteiger partial charge in [-0.15, -0.1) is 6.58 Å². The van der Waals surface area contributed by atoms with Crippen LogP contribution in [0.2, 0.25) is 0 Å². The Balaban J connectivity index is 1.14. The number of carbonyl (C=O) groups excluding carboxylic acids is 3. The molecule has 0 saturated heterocycles. The second-order valence-electron chi connectivity index (χ2n) is 21.7. The summed E-state index contributed by atoms with van der Waals surface area (Å²) >= 11 is 0. The van der Waals surface area contributed by atoms with Crippen molar-refractivity contribution in [3.63, 3.8) is 0 Å². The molecule has 0 spiro atoms. The van der Waals surface area contributed by atoms with E-state index in [1.54, 1.807) is 0 Å². The summed E-state index contributed by atoms with van der Waals surface area (Å²) in [5.74, 6) is -1.73. The van der Waals surface area contributed by atoms with Crippen molar-refractivity contribution in [3.05, 3.63) is 59.2 Å². The maximum Gasteiger partial charge on any atom is 0.416 e. The number of ether oxygens (including phenoxy) is 1. The van der Waals surface area contributed by atoms with Crippen LogP contribution in [-0.4, -0.2) is 34.8 Å². The number of ketones is 1. The fraction of sp³-hybridized carbons (Fsp3) is 0.714. The number of hydrogen-bond donors (Lipinski definition) is 2. The van der Waals surface area contributed by atoms with Gasteiger partial charge >= 0.3 is 18.1 Å². The Hall–Kier alpha value is -3.43. The number of aliphatic carboxylic acids is 1. The summed E-state index contributed by atoms with van der Waals surface area (Å²) in [6.07, 6.45) is 5.01. The molecule has 7 nitrogen and oxygen atoms in total. The van der Waals surface area contributed by atoms with E-state index >= 15 is 0 Å². The van der Waals surface area contributed by atoms with Crippen LogP contribution in [0, 0.1) is 67.5 Å². The highest BCUT2D eigenvalue weighted by Crippen LogP contribution is 2.80. The molecule has 0 aromatic heterocycles. The lowest BCUT2D eigenvalue weighted by Gasteiger charge is -2.75. The molecule has 0 radical (unpaired) electrons. The van der Waals surface area contributed by atoms with E-state index < -0.39 is 45.8 Å². The topological polar surface area (TPSA) is 110 Å². The summed E-state index contributed by atoms with van der Waals surface area (Å²) in [6.45, 7) is 24.4. The molecule has 6 aliphatic rings. The van der Waals surface area contributed by atoms with Crippen molar-refractivity contribution < 1.29 is 42.2 Å². The van der Waals surface area contributed by atoms with Crippen LogP contribution in [0.3, 0.4) is 0 Å². The zero-order valence-corrected chi connectivity index (χ0v) is 36.7. The number of carbonyl (C=O) groups is 4. The number of halogens is 3. The minimum atomic E-state index is -4.43. The third-order valence-electron chi connectivity index (χ3n) is 19.1. The number of carboxylic acid groups (broad SMARTS) is 1. The van der Waals surface area contributed by atoms with Crippen molar-refractivity contribution in [2.24, 2.45) is 67.5 Å². The number of allylic oxidation sites excluding steroid dienone is 2. The van der Waals surface area contributed by atoms with Crippen molar-refractivity contribution in [2.45, 2.75) is 152 Å². The SMILES string of the molecule is C=C[C@]1(C)[C@@H](OC(=O)[C@H]2C[C@@H](C(=O)O)C2(C)C)CC[C@]2(C)[C@H]3CC[C@@H]4C5=C(C(C)C)C(=O)C[C@]5(CC(=O)NCc5ccc(C(F)(F)F)cc5)CC[C@@]4(C)[C@]3(C)CC[C@@]12C. The largest absolute Gasteiger partial charge is 0.481 e. The fourth-order valence-corrected chi connectivity index (χ4v) is 14.8. The Morgan fingerprint density at radius 3 is 2.12 bits per heavy atom. The van der Waals surface area contributed by atoms with Crippen LogP contribution in [0.4, 0.5) is 13.2 Å². The first-order chi connectivity index (χ1) is 27.3. The lowest BCUT2D eigenvalue weighted by atomic mass is 9.29. The van der Waals surface area contributed by atoms with Gasteiger partial charge in [-0.05, 0) is 126 Å². The van der Waals surface area contributed by atoms with Gasteiger partial charge < -0.3 is 15.2 Å². The van der Waals surface area contributed by atoms with Crippen LogP contribution < -0.4 is 5.32 Å². The molecule has 0 heterocycles. The highest BCUT2D eigenvalue weighted by molar-refractivity contribution is 6.01. The van der Waals surface area contributed by atoms with Crippen LogP contribution in [0.25, 0.3) is 0 Å². The Morgan fingerprint density at radius 1 is 0.898 bits per heavy atom. The van der Waals surface area contributed by atoms with Gasteiger partial charge in [-0.25, -0.2) is 0 Å². The molecule has 0 bridgehead atoms. The molecule has 11 atom stereocenters. The first kappa shape index (κ1) is 43.7. The average Bonchev–Trinajstić information content (AvgIpc) is 3.44. The molecular formula is C49H66F3NO6. The standard InChI is InChI=1S/C49H66F3NO6/c1-11-43(6)36(59-41(58)33-24-32(40(56)57)42(33,4)5)18-19-46(9)35-17-16-31-39-38(28(2)3)34(54)25-48(39,23-21-44(31,7)45(35,8)20-22-47(43,46)10)26-37(55)53-27-29-12-14-30(15-13-29)49(50,51)52/h11-15,28,31-33,35-36H,1,16-27H2,2-10H3,(H,53,55)(H,56,57)/t31-,32+,33-,35+,36+,43-,44-,45-,46-,47+,48+/m1/s1. The van der Waals surface area contributed by atoms with Gasteiger partial charge in [0, 0.05) is 30.2 Å². The molecule has 1 aromatic carbocycles. The van der Waals surface area contributed by atoms with Crippen LogP contribution >= 0.6 is 0 Å². The molecule has 2 N–H and O–H groups in total. The van der Waals surface area contributed by atoms with Gasteiger partial charge in [-0.1, -0.05) is 86.1 Å². The summed E-state index contributed by atoms with van der Waals surface area (Å²) in [7, 11) is 0.